The Kier molecular flexibility index (Phi) is 4.92. The van der Waals surface area contributed by atoms with Gasteiger partial charge in [-0.05, 0) is 25.1 Å². The number of methoxy groups -OCH3 is 1. The Labute approximate surface area is 134 Å². The van der Waals surface area contributed by atoms with E-state index in [9.17, 15) is 14.7 Å². The normalized spacial score (nSPS) is 12.1. The highest BCUT2D eigenvalue weighted by atomic mass is 35.5. The highest BCUT2D eigenvalue weighted by Crippen LogP contribution is 2.34. The molecule has 0 atom stereocenters. The van der Waals surface area contributed by atoms with Gasteiger partial charge in [-0.25, -0.2) is 4.79 Å². The van der Waals surface area contributed by atoms with Crippen LogP contribution in [0.1, 0.15) is 6.92 Å². The molecule has 21 heavy (non-hydrogen) atoms. The van der Waals surface area contributed by atoms with E-state index in [1.54, 1.807) is 18.2 Å². The predicted octanol–water partition coefficient (Wildman–Crippen LogP) is 3.97. The van der Waals surface area contributed by atoms with E-state index in [-0.39, 0.29) is 16.1 Å². The first-order chi connectivity index (χ1) is 9.92. The molecule has 0 spiro atoms. The summed E-state index contributed by atoms with van der Waals surface area (Å²) in [5.41, 5.74) is -0.187. The van der Waals surface area contributed by atoms with Crippen molar-refractivity contribution in [3.8, 4) is 0 Å². The van der Waals surface area contributed by atoms with E-state index in [0.29, 0.717) is 14.6 Å². The van der Waals surface area contributed by atoms with Crippen molar-refractivity contribution in [2.75, 3.05) is 7.11 Å². The molecule has 0 aliphatic carbocycles. The van der Waals surface area contributed by atoms with E-state index in [4.69, 9.17) is 11.6 Å². The molecule has 0 fully saturated rings. The minimum absolute atomic E-state index is 0.0569. The number of ether oxygens (including phenoxy) is 1. The Hall–Kier alpha value is -1.50. The van der Waals surface area contributed by atoms with Crippen molar-refractivity contribution in [1.82, 2.24) is 0 Å². The van der Waals surface area contributed by atoms with Crippen molar-refractivity contribution in [3.63, 3.8) is 0 Å². The van der Waals surface area contributed by atoms with Gasteiger partial charge in [0.05, 0.1) is 11.3 Å². The second-order valence-electron chi connectivity index (χ2n) is 4.08. The smallest absolute Gasteiger partial charge is 0.348 e. The van der Waals surface area contributed by atoms with E-state index < -0.39 is 5.97 Å². The summed E-state index contributed by atoms with van der Waals surface area (Å²) in [5, 5.41) is 10.6. The van der Waals surface area contributed by atoms with Gasteiger partial charge in [0.1, 0.15) is 10.7 Å². The Morgan fingerprint density at radius 2 is 2.10 bits per heavy atom. The fourth-order valence-corrected chi connectivity index (χ4v) is 3.94. The van der Waals surface area contributed by atoms with Crippen LogP contribution in [0.4, 0.5) is 0 Å². The van der Waals surface area contributed by atoms with Crippen LogP contribution in [0.3, 0.4) is 0 Å². The fraction of sp³-hybridized carbons (Fsp3) is 0.143. The average Bonchev–Trinajstić information content (AvgIpc) is 2.44. The van der Waals surface area contributed by atoms with Gasteiger partial charge in [-0.2, -0.15) is 0 Å². The molecule has 0 saturated heterocycles. The van der Waals surface area contributed by atoms with E-state index >= 15 is 0 Å². The minimum atomic E-state index is -0.643. The van der Waals surface area contributed by atoms with Crippen LogP contribution in [0, 0.1) is 0 Å². The molecule has 0 amide bonds. The molecule has 1 aromatic heterocycles. The van der Waals surface area contributed by atoms with Crippen molar-refractivity contribution in [2.24, 2.45) is 0 Å². The number of aliphatic hydroxyl groups excluding tert-OH is 1. The Morgan fingerprint density at radius 3 is 2.71 bits per heavy atom. The van der Waals surface area contributed by atoms with Gasteiger partial charge in [0.25, 0.3) is 0 Å². The molecule has 0 aliphatic heterocycles. The lowest BCUT2D eigenvalue weighted by atomic mass is 10.2. The Bertz CT molecular complexity index is 791. The molecule has 110 valence electrons. The third-order valence-corrected chi connectivity index (χ3v) is 5.18. The summed E-state index contributed by atoms with van der Waals surface area (Å²) < 4.78 is 5.96. The number of hydrogen-bond donors (Lipinski definition) is 1. The Morgan fingerprint density at radius 1 is 1.38 bits per heavy atom. The molecule has 2 aromatic rings. The first-order valence-electron chi connectivity index (χ1n) is 5.82. The maximum Gasteiger partial charge on any atom is 0.348 e. The molecular weight excluding hydrogens is 332 g/mol. The van der Waals surface area contributed by atoms with E-state index in [0.717, 1.165) is 16.5 Å². The van der Waals surface area contributed by atoms with Crippen LogP contribution in [-0.2, 0) is 9.53 Å². The van der Waals surface area contributed by atoms with Gasteiger partial charge in [0.2, 0.25) is 0 Å². The summed E-state index contributed by atoms with van der Waals surface area (Å²) in [4.78, 5) is 23.7. The van der Waals surface area contributed by atoms with Gasteiger partial charge in [-0.1, -0.05) is 23.4 Å². The molecule has 0 bridgehead atoms. The zero-order chi connectivity index (χ0) is 15.6. The number of hydrogen-bond acceptors (Lipinski definition) is 6. The van der Waals surface area contributed by atoms with Crippen molar-refractivity contribution < 1.29 is 14.6 Å². The first-order valence-corrected chi connectivity index (χ1v) is 7.83. The molecule has 1 heterocycles. The lowest BCUT2D eigenvalue weighted by molar-refractivity contribution is -0.135. The van der Waals surface area contributed by atoms with E-state index in [1.165, 1.54) is 31.4 Å². The van der Waals surface area contributed by atoms with Crippen LogP contribution in [0.5, 0.6) is 0 Å². The standard InChI is InChI=1S/C14H11ClO4S2/c1-7(16)13(14(18)19-2)21-12-6-10(17)9-5-8(15)3-4-11(9)20-12/h3-6,16H,1-2H3/b13-7-. The van der Waals surface area contributed by atoms with Crippen molar-refractivity contribution >= 4 is 50.8 Å². The molecule has 1 N–H and O–H groups in total. The summed E-state index contributed by atoms with van der Waals surface area (Å²) in [7, 11) is 1.23. The second kappa shape index (κ2) is 6.51. The molecule has 1 aromatic carbocycles. The minimum Gasteiger partial charge on any atom is -0.511 e. The van der Waals surface area contributed by atoms with Crippen LogP contribution < -0.4 is 5.43 Å². The number of allylic oxidation sites excluding steroid dienone is 1. The molecule has 4 nitrogen and oxygen atoms in total. The highest BCUT2D eigenvalue weighted by Gasteiger charge is 2.17. The topological polar surface area (TPSA) is 63.6 Å². The molecule has 0 unspecified atom stereocenters. The quantitative estimate of drug-likeness (QED) is 0.396. The maximum absolute atomic E-state index is 12.1. The van der Waals surface area contributed by atoms with Crippen molar-refractivity contribution in [2.45, 2.75) is 11.1 Å². The number of rotatable bonds is 3. The third-order valence-electron chi connectivity index (χ3n) is 2.57. The maximum atomic E-state index is 12.1. The predicted molar refractivity (Wildman–Crippen MR) is 86.3 cm³/mol. The number of halogens is 1. The van der Waals surface area contributed by atoms with Crippen molar-refractivity contribution in [3.05, 3.63) is 50.2 Å². The second-order valence-corrected chi connectivity index (χ2v) is 6.91. The highest BCUT2D eigenvalue weighted by molar-refractivity contribution is 8.05. The third kappa shape index (κ3) is 3.58. The van der Waals surface area contributed by atoms with Crippen LogP contribution in [0.2, 0.25) is 5.02 Å². The SMILES string of the molecule is COC(=O)/C(Sc1cc(=O)c2cc(Cl)ccc2s1)=C(\C)O. The fourth-order valence-electron chi connectivity index (χ4n) is 1.61. The molecular formula is C14H11ClO4S2. The number of benzene rings is 1. The molecule has 0 saturated carbocycles. The number of thioether (sulfide) groups is 1. The van der Waals surface area contributed by atoms with Gasteiger partial charge in [0.15, 0.2) is 5.43 Å². The molecule has 0 aliphatic rings. The van der Waals surface area contributed by atoms with Crippen LogP contribution in [0.25, 0.3) is 10.1 Å². The summed E-state index contributed by atoms with van der Waals surface area (Å²) in [5.74, 6) is -0.793. The Balaban J connectivity index is 2.49. The summed E-state index contributed by atoms with van der Waals surface area (Å²) in [6.45, 7) is 1.39. The average molecular weight is 343 g/mol. The van der Waals surface area contributed by atoms with Gasteiger partial charge in [-0.15, -0.1) is 11.3 Å². The van der Waals surface area contributed by atoms with E-state index in [1.807, 2.05) is 0 Å². The van der Waals surface area contributed by atoms with E-state index in [2.05, 4.69) is 4.74 Å². The van der Waals surface area contributed by atoms with Crippen LogP contribution in [-0.4, -0.2) is 18.2 Å². The van der Waals surface area contributed by atoms with Gasteiger partial charge in [0, 0.05) is 21.2 Å². The summed E-state index contributed by atoms with van der Waals surface area (Å²) >= 11 is 8.21. The van der Waals surface area contributed by atoms with Crippen LogP contribution >= 0.6 is 34.7 Å². The zero-order valence-electron chi connectivity index (χ0n) is 11.2. The number of fused-ring (bicyclic) bond motifs is 1. The molecule has 2 rings (SSSR count). The number of carbonyl (C=O) groups excluding carboxylic acids is 1. The largest absolute Gasteiger partial charge is 0.511 e. The zero-order valence-corrected chi connectivity index (χ0v) is 13.6. The van der Waals surface area contributed by atoms with Crippen LogP contribution in [0.15, 0.2) is 43.9 Å². The van der Waals surface area contributed by atoms with Gasteiger partial charge < -0.3 is 9.84 Å². The van der Waals surface area contributed by atoms with Gasteiger partial charge >= 0.3 is 5.97 Å². The first kappa shape index (κ1) is 15.9. The van der Waals surface area contributed by atoms with Crippen molar-refractivity contribution in [1.29, 1.82) is 0 Å². The molecule has 0 radical (unpaired) electrons. The summed E-state index contributed by atoms with van der Waals surface area (Å²) in [6, 6.07) is 6.47. The number of carbonyl (C=O) groups is 1. The number of aliphatic hydroxyl groups is 1. The monoisotopic (exact) mass is 342 g/mol. The van der Waals surface area contributed by atoms with Gasteiger partial charge in [-0.3, -0.25) is 4.79 Å². The lowest BCUT2D eigenvalue weighted by Crippen LogP contribution is -2.05. The summed E-state index contributed by atoms with van der Waals surface area (Å²) in [6.07, 6.45) is 0. The molecule has 7 heteroatoms. The lowest BCUT2D eigenvalue weighted by Gasteiger charge is -2.06. The number of esters is 1.